The van der Waals surface area contributed by atoms with Gasteiger partial charge in [0.1, 0.15) is 23.0 Å². The van der Waals surface area contributed by atoms with Crippen LogP contribution in [0.4, 0.5) is 0 Å². The molecule has 0 unspecified atom stereocenters. The fraction of sp³-hybridized carbons (Fsp3) is 0.300. The van der Waals surface area contributed by atoms with Crippen molar-refractivity contribution in [1.29, 1.82) is 0 Å². The van der Waals surface area contributed by atoms with Crippen LogP contribution in [0.5, 0.6) is 34.5 Å². The molecule has 0 fully saturated rings. The number of carbonyl (C=O) groups is 1. The minimum atomic E-state index is -0.461. The molecule has 8 heteroatoms. The van der Waals surface area contributed by atoms with Crippen LogP contribution in [0.2, 0.25) is 0 Å². The van der Waals surface area contributed by atoms with Crippen LogP contribution >= 0.6 is 0 Å². The summed E-state index contributed by atoms with van der Waals surface area (Å²) < 4.78 is 33.3. The molecular weight excluding hydrogens is 488 g/mol. The second kappa shape index (κ2) is 12.3. The summed E-state index contributed by atoms with van der Waals surface area (Å²) in [6.07, 6.45) is 2.79. The summed E-state index contributed by atoms with van der Waals surface area (Å²) in [4.78, 5) is 13.2. The number of rotatable bonds is 11. The molecule has 1 aliphatic rings. The molecule has 38 heavy (non-hydrogen) atoms. The molecule has 4 rings (SSSR count). The molecule has 0 aromatic heterocycles. The third-order valence-electron chi connectivity index (χ3n) is 6.02. The van der Waals surface area contributed by atoms with E-state index in [2.05, 4.69) is 0 Å². The van der Waals surface area contributed by atoms with Gasteiger partial charge >= 0.3 is 5.97 Å². The fourth-order valence-corrected chi connectivity index (χ4v) is 4.23. The number of hydrogen-bond donors (Lipinski definition) is 1. The van der Waals surface area contributed by atoms with Crippen molar-refractivity contribution in [2.75, 3.05) is 34.2 Å². The number of carbonyl (C=O) groups excluding carboxylic acids is 1. The summed E-state index contributed by atoms with van der Waals surface area (Å²) in [7, 11) is 3.10. The normalized spacial score (nSPS) is 12.3. The van der Waals surface area contributed by atoms with Gasteiger partial charge in [-0.05, 0) is 49.2 Å². The topological polar surface area (TPSA) is 92.7 Å². The molecule has 200 valence electrons. The maximum atomic E-state index is 13.2. The molecule has 8 nitrogen and oxygen atoms in total. The lowest BCUT2D eigenvalue weighted by Gasteiger charge is -2.17. The summed E-state index contributed by atoms with van der Waals surface area (Å²) in [6, 6.07) is 14.2. The number of ether oxygens (including phenoxy) is 6. The van der Waals surface area contributed by atoms with Crippen LogP contribution in [-0.4, -0.2) is 45.3 Å². The highest BCUT2D eigenvalue weighted by molar-refractivity contribution is 5.97. The average molecular weight is 521 g/mol. The van der Waals surface area contributed by atoms with E-state index in [1.54, 1.807) is 44.4 Å². The van der Waals surface area contributed by atoms with E-state index in [1.165, 1.54) is 7.11 Å². The second-order valence-corrected chi connectivity index (χ2v) is 8.54. The molecule has 0 amide bonds. The Hall–Kier alpha value is -4.33. The lowest BCUT2D eigenvalue weighted by molar-refractivity contribution is -0.138. The van der Waals surface area contributed by atoms with Crippen molar-refractivity contribution in [1.82, 2.24) is 0 Å². The number of methoxy groups -OCH3 is 2. The molecule has 1 heterocycles. The zero-order valence-electron chi connectivity index (χ0n) is 22.0. The van der Waals surface area contributed by atoms with Crippen LogP contribution in [0.3, 0.4) is 0 Å². The van der Waals surface area contributed by atoms with Gasteiger partial charge in [0, 0.05) is 40.8 Å². The quantitative estimate of drug-likeness (QED) is 0.251. The molecule has 0 radical (unpaired) electrons. The highest BCUT2D eigenvalue weighted by Crippen LogP contribution is 2.42. The number of benzene rings is 3. The van der Waals surface area contributed by atoms with Crippen molar-refractivity contribution >= 4 is 12.0 Å². The SMILES string of the molecule is CCCOc1cccc(C=C(Cc2cc3c(cc2OC)OCO3)C(=O)OCC)c1-c1ccc(OC)cc1O. The Balaban J connectivity index is 1.85. The molecule has 0 saturated carbocycles. The van der Waals surface area contributed by atoms with Crippen LogP contribution in [0, 0.1) is 0 Å². The minimum absolute atomic E-state index is 0.0293. The van der Waals surface area contributed by atoms with Crippen molar-refractivity contribution in [2.45, 2.75) is 26.7 Å². The summed E-state index contributed by atoms with van der Waals surface area (Å²) in [5.41, 5.74) is 3.02. The lowest BCUT2D eigenvalue weighted by atomic mass is 9.94. The highest BCUT2D eigenvalue weighted by atomic mass is 16.7. The number of phenolic OH excluding ortho intramolecular Hbond substituents is 1. The van der Waals surface area contributed by atoms with Crippen molar-refractivity contribution < 1.29 is 38.3 Å². The average Bonchev–Trinajstić information content (AvgIpc) is 3.38. The standard InChI is InChI=1S/C30H32O8/c1-5-12-36-25-9-7-8-19(29(25)23-11-10-22(33-3)16-24(23)31)13-21(30(32)35-6-2)14-20-15-27-28(38-18-37-27)17-26(20)34-4/h7-11,13,15-17,31H,5-6,12,14,18H2,1-4H3. The summed E-state index contributed by atoms with van der Waals surface area (Å²) in [5.74, 6) is 2.42. The molecule has 3 aromatic carbocycles. The maximum Gasteiger partial charge on any atom is 0.334 e. The zero-order chi connectivity index (χ0) is 27.1. The lowest BCUT2D eigenvalue weighted by Crippen LogP contribution is -2.11. The van der Waals surface area contributed by atoms with Crippen LogP contribution in [0.15, 0.2) is 54.1 Å². The number of hydrogen-bond acceptors (Lipinski definition) is 8. The van der Waals surface area contributed by atoms with Crippen LogP contribution in [-0.2, 0) is 16.0 Å². The predicted molar refractivity (Wildman–Crippen MR) is 143 cm³/mol. The first-order valence-corrected chi connectivity index (χ1v) is 12.5. The number of aromatic hydroxyl groups is 1. The summed E-state index contributed by atoms with van der Waals surface area (Å²) in [6.45, 7) is 4.63. The molecule has 0 bridgehead atoms. The van der Waals surface area contributed by atoms with E-state index >= 15 is 0 Å². The molecule has 3 aromatic rings. The number of phenols is 1. The largest absolute Gasteiger partial charge is 0.507 e. The van der Waals surface area contributed by atoms with Crippen molar-refractivity contribution in [3.8, 4) is 45.6 Å². The molecule has 0 spiro atoms. The van der Waals surface area contributed by atoms with E-state index in [1.807, 2.05) is 31.2 Å². The van der Waals surface area contributed by atoms with Crippen LogP contribution < -0.4 is 23.7 Å². The van der Waals surface area contributed by atoms with Gasteiger partial charge in [0.05, 0.1) is 27.4 Å². The third kappa shape index (κ3) is 5.80. The smallest absolute Gasteiger partial charge is 0.334 e. The molecule has 1 aliphatic heterocycles. The van der Waals surface area contributed by atoms with E-state index in [0.717, 1.165) is 12.0 Å². The van der Waals surface area contributed by atoms with E-state index in [9.17, 15) is 9.90 Å². The van der Waals surface area contributed by atoms with Gasteiger partial charge in [-0.3, -0.25) is 0 Å². The minimum Gasteiger partial charge on any atom is -0.507 e. The van der Waals surface area contributed by atoms with Crippen molar-refractivity contribution in [3.63, 3.8) is 0 Å². The van der Waals surface area contributed by atoms with Crippen molar-refractivity contribution in [3.05, 3.63) is 65.2 Å². The summed E-state index contributed by atoms with van der Waals surface area (Å²) >= 11 is 0. The van der Waals surface area contributed by atoms with Gasteiger partial charge in [0.25, 0.3) is 0 Å². The Morgan fingerprint density at radius 2 is 1.79 bits per heavy atom. The van der Waals surface area contributed by atoms with Crippen LogP contribution in [0.25, 0.3) is 17.2 Å². The Morgan fingerprint density at radius 3 is 2.47 bits per heavy atom. The first kappa shape index (κ1) is 26.7. The van der Waals surface area contributed by atoms with Gasteiger partial charge in [-0.1, -0.05) is 19.1 Å². The monoisotopic (exact) mass is 520 g/mol. The van der Waals surface area contributed by atoms with E-state index in [-0.39, 0.29) is 25.6 Å². The van der Waals surface area contributed by atoms with Gasteiger partial charge in [-0.15, -0.1) is 0 Å². The molecule has 0 atom stereocenters. The molecule has 0 saturated heterocycles. The molecular formula is C30H32O8. The number of esters is 1. The predicted octanol–water partition coefficient (Wildman–Crippen LogP) is 5.78. The first-order chi connectivity index (χ1) is 18.5. The van der Waals surface area contributed by atoms with Gasteiger partial charge < -0.3 is 33.5 Å². The van der Waals surface area contributed by atoms with E-state index < -0.39 is 5.97 Å². The Labute approximate surface area is 222 Å². The van der Waals surface area contributed by atoms with Gasteiger partial charge in [0.15, 0.2) is 11.5 Å². The maximum absolute atomic E-state index is 13.2. The zero-order valence-corrected chi connectivity index (χ0v) is 22.0. The molecule has 0 aliphatic carbocycles. The van der Waals surface area contributed by atoms with Crippen molar-refractivity contribution in [2.24, 2.45) is 0 Å². The third-order valence-corrected chi connectivity index (χ3v) is 6.02. The fourth-order valence-electron chi connectivity index (χ4n) is 4.23. The second-order valence-electron chi connectivity index (χ2n) is 8.54. The Morgan fingerprint density at radius 1 is 1.00 bits per heavy atom. The van der Waals surface area contributed by atoms with Gasteiger partial charge in [-0.2, -0.15) is 0 Å². The molecule has 1 N–H and O–H groups in total. The first-order valence-electron chi connectivity index (χ1n) is 12.5. The van der Waals surface area contributed by atoms with Gasteiger partial charge in [0.2, 0.25) is 6.79 Å². The van der Waals surface area contributed by atoms with E-state index in [0.29, 0.717) is 57.6 Å². The number of fused-ring (bicyclic) bond motifs is 1. The van der Waals surface area contributed by atoms with E-state index in [4.69, 9.17) is 28.4 Å². The summed E-state index contributed by atoms with van der Waals surface area (Å²) in [5, 5.41) is 10.9. The highest BCUT2D eigenvalue weighted by Gasteiger charge is 2.22. The Bertz CT molecular complexity index is 1330. The Kier molecular flexibility index (Phi) is 8.63. The van der Waals surface area contributed by atoms with Gasteiger partial charge in [-0.25, -0.2) is 4.79 Å². The van der Waals surface area contributed by atoms with Crippen LogP contribution in [0.1, 0.15) is 31.4 Å².